The Bertz CT molecular complexity index is 292. The van der Waals surface area contributed by atoms with Crippen LogP contribution in [-0.2, 0) is 9.53 Å². The molecule has 0 aromatic rings. The lowest BCUT2D eigenvalue weighted by Gasteiger charge is -2.42. The SMILES string of the molecule is CCOC(=O)C1(NC2CCCC2)CCCSC1C. The van der Waals surface area contributed by atoms with Crippen molar-refractivity contribution in [2.24, 2.45) is 0 Å². The largest absolute Gasteiger partial charge is 0.465 e. The summed E-state index contributed by atoms with van der Waals surface area (Å²) in [6.07, 6.45) is 7.03. The molecular weight excluding hydrogens is 246 g/mol. The number of carbonyl (C=O) groups excluding carboxylic acids is 1. The first kappa shape index (κ1) is 14.2. The Morgan fingerprint density at radius 1 is 1.39 bits per heavy atom. The van der Waals surface area contributed by atoms with Crippen LogP contribution in [0.4, 0.5) is 0 Å². The normalized spacial score (nSPS) is 33.6. The van der Waals surface area contributed by atoms with Crippen LogP contribution < -0.4 is 5.32 Å². The standard InChI is InChI=1S/C14H25NO2S/c1-3-17-13(16)14(9-6-10-18-11(14)2)15-12-7-4-5-8-12/h11-12,15H,3-10H2,1-2H3. The van der Waals surface area contributed by atoms with E-state index < -0.39 is 5.54 Å². The Labute approximate surface area is 114 Å². The summed E-state index contributed by atoms with van der Waals surface area (Å²) in [7, 11) is 0. The number of ether oxygens (including phenoxy) is 1. The van der Waals surface area contributed by atoms with Crippen molar-refractivity contribution in [3.05, 3.63) is 0 Å². The first-order chi connectivity index (χ1) is 8.69. The van der Waals surface area contributed by atoms with Gasteiger partial charge in [0.2, 0.25) is 0 Å². The van der Waals surface area contributed by atoms with Crippen LogP contribution in [0.25, 0.3) is 0 Å². The van der Waals surface area contributed by atoms with E-state index in [0.29, 0.717) is 17.9 Å². The zero-order valence-electron chi connectivity index (χ0n) is 11.5. The first-order valence-corrected chi connectivity index (χ1v) is 8.30. The third kappa shape index (κ3) is 2.85. The van der Waals surface area contributed by atoms with E-state index in [2.05, 4.69) is 12.2 Å². The van der Waals surface area contributed by atoms with Crippen molar-refractivity contribution in [2.45, 2.75) is 69.2 Å². The highest BCUT2D eigenvalue weighted by Gasteiger charge is 2.48. The molecule has 1 aliphatic carbocycles. The number of nitrogens with one attached hydrogen (secondary N) is 1. The van der Waals surface area contributed by atoms with Crippen LogP contribution in [0.2, 0.25) is 0 Å². The van der Waals surface area contributed by atoms with E-state index in [1.165, 1.54) is 25.7 Å². The van der Waals surface area contributed by atoms with E-state index in [0.717, 1.165) is 18.6 Å². The Kier molecular flexibility index (Phi) is 4.96. The molecule has 0 amide bonds. The fourth-order valence-electron chi connectivity index (χ4n) is 3.17. The van der Waals surface area contributed by atoms with E-state index in [-0.39, 0.29) is 5.97 Å². The monoisotopic (exact) mass is 271 g/mol. The van der Waals surface area contributed by atoms with Crippen molar-refractivity contribution >= 4 is 17.7 Å². The van der Waals surface area contributed by atoms with Crippen molar-refractivity contribution in [3.63, 3.8) is 0 Å². The average molecular weight is 271 g/mol. The Morgan fingerprint density at radius 2 is 2.11 bits per heavy atom. The second kappa shape index (κ2) is 6.29. The summed E-state index contributed by atoms with van der Waals surface area (Å²) in [5.41, 5.74) is -0.437. The molecule has 2 unspecified atom stereocenters. The van der Waals surface area contributed by atoms with Gasteiger partial charge in [-0.15, -0.1) is 0 Å². The molecule has 2 atom stereocenters. The summed E-state index contributed by atoms with van der Waals surface area (Å²) < 4.78 is 5.35. The summed E-state index contributed by atoms with van der Waals surface area (Å²) in [6, 6.07) is 0.510. The number of carbonyl (C=O) groups is 1. The summed E-state index contributed by atoms with van der Waals surface area (Å²) >= 11 is 1.90. The topological polar surface area (TPSA) is 38.3 Å². The number of hydrogen-bond donors (Lipinski definition) is 1. The van der Waals surface area contributed by atoms with Gasteiger partial charge in [0, 0.05) is 11.3 Å². The molecule has 0 radical (unpaired) electrons. The zero-order chi connectivity index (χ0) is 13.0. The fraction of sp³-hybridized carbons (Fsp3) is 0.929. The van der Waals surface area contributed by atoms with Gasteiger partial charge in [0.1, 0.15) is 5.54 Å². The quantitative estimate of drug-likeness (QED) is 0.798. The van der Waals surface area contributed by atoms with Gasteiger partial charge in [0.15, 0.2) is 0 Å². The maximum absolute atomic E-state index is 12.4. The molecule has 1 saturated carbocycles. The molecule has 2 aliphatic rings. The molecular formula is C14H25NO2S. The Balaban J connectivity index is 2.11. The van der Waals surface area contributed by atoms with Gasteiger partial charge in [-0.3, -0.25) is 10.1 Å². The third-order valence-corrected chi connectivity index (χ3v) is 5.66. The van der Waals surface area contributed by atoms with Gasteiger partial charge >= 0.3 is 5.97 Å². The Morgan fingerprint density at radius 3 is 2.72 bits per heavy atom. The second-order valence-corrected chi connectivity index (χ2v) is 6.88. The molecule has 18 heavy (non-hydrogen) atoms. The van der Waals surface area contributed by atoms with Crippen LogP contribution in [0.3, 0.4) is 0 Å². The third-order valence-electron chi connectivity index (χ3n) is 4.23. The van der Waals surface area contributed by atoms with E-state index in [1.54, 1.807) is 0 Å². The lowest BCUT2D eigenvalue weighted by molar-refractivity contribution is -0.152. The maximum Gasteiger partial charge on any atom is 0.327 e. The molecule has 1 heterocycles. The van der Waals surface area contributed by atoms with Gasteiger partial charge in [-0.05, 0) is 38.4 Å². The molecule has 1 saturated heterocycles. The van der Waals surface area contributed by atoms with Crippen molar-refractivity contribution in [2.75, 3.05) is 12.4 Å². The van der Waals surface area contributed by atoms with Crippen LogP contribution in [0.5, 0.6) is 0 Å². The van der Waals surface area contributed by atoms with E-state index in [1.807, 2.05) is 18.7 Å². The van der Waals surface area contributed by atoms with Crippen molar-refractivity contribution in [3.8, 4) is 0 Å². The van der Waals surface area contributed by atoms with Gasteiger partial charge in [0.25, 0.3) is 0 Å². The minimum Gasteiger partial charge on any atom is -0.465 e. The number of thioether (sulfide) groups is 1. The van der Waals surface area contributed by atoms with Crippen molar-refractivity contribution in [1.29, 1.82) is 0 Å². The molecule has 4 heteroatoms. The second-order valence-electron chi connectivity index (χ2n) is 5.43. The predicted molar refractivity (Wildman–Crippen MR) is 75.9 cm³/mol. The van der Waals surface area contributed by atoms with Crippen LogP contribution in [-0.4, -0.2) is 35.2 Å². The highest BCUT2D eigenvalue weighted by molar-refractivity contribution is 8.00. The number of hydrogen-bond acceptors (Lipinski definition) is 4. The molecule has 3 nitrogen and oxygen atoms in total. The molecule has 104 valence electrons. The highest BCUT2D eigenvalue weighted by atomic mass is 32.2. The van der Waals surface area contributed by atoms with Gasteiger partial charge in [-0.1, -0.05) is 19.8 Å². The molecule has 0 spiro atoms. The Hall–Kier alpha value is -0.220. The number of rotatable bonds is 4. The smallest absolute Gasteiger partial charge is 0.327 e. The lowest BCUT2D eigenvalue weighted by atomic mass is 9.88. The molecule has 1 aliphatic heterocycles. The van der Waals surface area contributed by atoms with E-state index in [4.69, 9.17) is 4.74 Å². The van der Waals surface area contributed by atoms with E-state index >= 15 is 0 Å². The molecule has 0 aromatic carbocycles. The molecule has 2 rings (SSSR count). The highest BCUT2D eigenvalue weighted by Crippen LogP contribution is 2.36. The number of esters is 1. The summed E-state index contributed by atoms with van der Waals surface area (Å²) in [5, 5.41) is 3.98. The van der Waals surface area contributed by atoms with E-state index in [9.17, 15) is 4.79 Å². The van der Waals surface area contributed by atoms with Crippen molar-refractivity contribution < 1.29 is 9.53 Å². The molecule has 2 fully saturated rings. The van der Waals surface area contributed by atoms with Gasteiger partial charge in [-0.25, -0.2) is 0 Å². The van der Waals surface area contributed by atoms with Crippen LogP contribution in [0.1, 0.15) is 52.4 Å². The zero-order valence-corrected chi connectivity index (χ0v) is 12.4. The minimum absolute atomic E-state index is 0.0309. The molecule has 1 N–H and O–H groups in total. The average Bonchev–Trinajstić information content (AvgIpc) is 2.85. The lowest BCUT2D eigenvalue weighted by Crippen LogP contribution is -2.62. The van der Waals surface area contributed by atoms with Gasteiger partial charge < -0.3 is 4.74 Å². The van der Waals surface area contributed by atoms with Crippen LogP contribution >= 0.6 is 11.8 Å². The molecule has 0 bridgehead atoms. The van der Waals surface area contributed by atoms with Gasteiger partial charge in [0.05, 0.1) is 6.61 Å². The first-order valence-electron chi connectivity index (χ1n) is 7.25. The minimum atomic E-state index is -0.437. The van der Waals surface area contributed by atoms with Gasteiger partial charge in [-0.2, -0.15) is 11.8 Å². The maximum atomic E-state index is 12.4. The summed E-state index contributed by atoms with van der Waals surface area (Å²) in [6.45, 7) is 4.54. The van der Waals surface area contributed by atoms with Crippen molar-refractivity contribution in [1.82, 2.24) is 5.32 Å². The molecule has 0 aromatic heterocycles. The summed E-state index contributed by atoms with van der Waals surface area (Å²) in [4.78, 5) is 12.4. The predicted octanol–water partition coefficient (Wildman–Crippen LogP) is 2.74. The van der Waals surface area contributed by atoms with Crippen LogP contribution in [0, 0.1) is 0 Å². The van der Waals surface area contributed by atoms with Crippen LogP contribution in [0.15, 0.2) is 0 Å². The summed E-state index contributed by atoms with van der Waals surface area (Å²) in [5.74, 6) is 1.13. The fourth-order valence-corrected chi connectivity index (χ4v) is 4.40.